The second-order valence-corrected chi connectivity index (χ2v) is 10.7. The van der Waals surface area contributed by atoms with Gasteiger partial charge >= 0.3 is 0 Å². The molecule has 2 saturated heterocycles. The zero-order chi connectivity index (χ0) is 26.5. The third-order valence-electron chi connectivity index (χ3n) is 7.91. The Morgan fingerprint density at radius 1 is 0.895 bits per heavy atom. The largest absolute Gasteiger partial charge is 0.493 e. The number of anilines is 2. The van der Waals surface area contributed by atoms with Crippen LogP contribution in [-0.2, 0) is 6.54 Å². The molecule has 1 N–H and O–H groups in total. The minimum Gasteiger partial charge on any atom is -0.493 e. The lowest BCUT2D eigenvalue weighted by atomic mass is 10.0. The van der Waals surface area contributed by atoms with Crippen LogP contribution in [0.15, 0.2) is 42.5 Å². The third-order valence-corrected chi connectivity index (χ3v) is 7.91. The molecule has 204 valence electrons. The van der Waals surface area contributed by atoms with Gasteiger partial charge in [0.1, 0.15) is 5.82 Å². The van der Waals surface area contributed by atoms with E-state index >= 15 is 0 Å². The number of ether oxygens (including phenoxy) is 2. The Labute approximate surface area is 226 Å². The van der Waals surface area contributed by atoms with E-state index in [2.05, 4.69) is 64.2 Å². The van der Waals surface area contributed by atoms with Gasteiger partial charge in [-0.2, -0.15) is 4.98 Å². The lowest BCUT2D eigenvalue weighted by Crippen LogP contribution is -2.39. The molecule has 0 atom stereocenters. The quantitative estimate of drug-likeness (QED) is 0.463. The van der Waals surface area contributed by atoms with E-state index in [4.69, 9.17) is 19.4 Å². The maximum Gasteiger partial charge on any atom is 0.227 e. The molecule has 2 aromatic carbocycles. The minimum atomic E-state index is 0.363. The van der Waals surface area contributed by atoms with E-state index in [1.165, 1.54) is 5.56 Å². The van der Waals surface area contributed by atoms with Gasteiger partial charge in [-0.15, -0.1) is 0 Å². The summed E-state index contributed by atoms with van der Waals surface area (Å²) in [5, 5.41) is 4.78. The normalized spacial score (nSPS) is 18.1. The number of nitrogens with zero attached hydrogens (tertiary/aromatic N) is 5. The van der Waals surface area contributed by atoms with Crippen molar-refractivity contribution in [3.05, 3.63) is 48.0 Å². The van der Waals surface area contributed by atoms with Crippen molar-refractivity contribution in [2.45, 2.75) is 51.7 Å². The van der Waals surface area contributed by atoms with Gasteiger partial charge in [-0.1, -0.05) is 30.3 Å². The first-order valence-electron chi connectivity index (χ1n) is 14.0. The fraction of sp³-hybridized carbons (Fsp3) is 0.533. The topological polar surface area (TPSA) is 66.0 Å². The van der Waals surface area contributed by atoms with Crippen molar-refractivity contribution in [1.29, 1.82) is 0 Å². The molecule has 5 rings (SSSR count). The van der Waals surface area contributed by atoms with Gasteiger partial charge in [0.2, 0.25) is 5.95 Å². The van der Waals surface area contributed by atoms with Crippen LogP contribution in [0.3, 0.4) is 0 Å². The molecule has 0 saturated carbocycles. The average Bonchev–Trinajstić information content (AvgIpc) is 3.21. The molecule has 2 aliphatic heterocycles. The number of aromatic nitrogens is 2. The standard InChI is InChI=1S/C30H42N6O2/c1-22(2)35-13-8-14-36(18-17-35)30-32-26-20-28(38-4)27(37-3)19-25(26)29(33-30)31-24-11-15-34(16-12-24)21-23-9-6-5-7-10-23/h5-7,9-10,19-20,22,24H,8,11-18,21H2,1-4H3,(H,31,32,33). The van der Waals surface area contributed by atoms with Crippen LogP contribution in [0.2, 0.25) is 0 Å². The molecule has 8 nitrogen and oxygen atoms in total. The van der Waals surface area contributed by atoms with Crippen molar-refractivity contribution in [2.75, 3.05) is 63.7 Å². The van der Waals surface area contributed by atoms with E-state index in [0.717, 1.165) is 87.7 Å². The van der Waals surface area contributed by atoms with E-state index < -0.39 is 0 Å². The van der Waals surface area contributed by atoms with Crippen LogP contribution in [0, 0.1) is 0 Å². The van der Waals surface area contributed by atoms with Crippen LogP contribution in [0.1, 0.15) is 38.7 Å². The SMILES string of the molecule is COc1cc2nc(N3CCCN(C(C)C)CC3)nc(NC3CCN(Cc4ccccc4)CC3)c2cc1OC. The Bertz CT molecular complexity index is 1200. The highest BCUT2D eigenvalue weighted by molar-refractivity contribution is 5.93. The highest BCUT2D eigenvalue weighted by Gasteiger charge is 2.24. The van der Waals surface area contributed by atoms with Gasteiger partial charge in [0, 0.05) is 69.3 Å². The number of hydrogen-bond donors (Lipinski definition) is 1. The maximum atomic E-state index is 5.63. The zero-order valence-corrected chi connectivity index (χ0v) is 23.3. The van der Waals surface area contributed by atoms with Crippen molar-refractivity contribution >= 4 is 22.7 Å². The predicted molar refractivity (Wildman–Crippen MR) is 155 cm³/mol. The summed E-state index contributed by atoms with van der Waals surface area (Å²) in [4.78, 5) is 17.6. The highest BCUT2D eigenvalue weighted by atomic mass is 16.5. The molecule has 3 heterocycles. The fourth-order valence-electron chi connectivity index (χ4n) is 5.62. The highest BCUT2D eigenvalue weighted by Crippen LogP contribution is 2.36. The van der Waals surface area contributed by atoms with Crippen LogP contribution in [-0.4, -0.2) is 85.3 Å². The van der Waals surface area contributed by atoms with Crippen LogP contribution < -0.4 is 19.7 Å². The second kappa shape index (κ2) is 12.2. The molecule has 3 aromatic rings. The summed E-state index contributed by atoms with van der Waals surface area (Å²) in [6.07, 6.45) is 3.26. The van der Waals surface area contributed by atoms with E-state index in [1.807, 2.05) is 12.1 Å². The molecule has 1 aromatic heterocycles. The Morgan fingerprint density at radius 3 is 2.34 bits per heavy atom. The molecule has 0 bridgehead atoms. The van der Waals surface area contributed by atoms with Gasteiger partial charge < -0.3 is 19.7 Å². The maximum absolute atomic E-state index is 5.63. The Balaban J connectivity index is 1.38. The van der Waals surface area contributed by atoms with E-state index in [-0.39, 0.29) is 0 Å². The van der Waals surface area contributed by atoms with Crippen LogP contribution in [0.25, 0.3) is 10.9 Å². The van der Waals surface area contributed by atoms with Gasteiger partial charge in [-0.3, -0.25) is 9.80 Å². The van der Waals surface area contributed by atoms with Gasteiger partial charge in [-0.25, -0.2) is 4.98 Å². The number of piperidine rings is 1. The average molecular weight is 519 g/mol. The third kappa shape index (κ3) is 6.13. The van der Waals surface area contributed by atoms with Gasteiger partial charge in [0.05, 0.1) is 19.7 Å². The van der Waals surface area contributed by atoms with Crippen molar-refractivity contribution in [3.63, 3.8) is 0 Å². The van der Waals surface area contributed by atoms with Gasteiger partial charge in [0.25, 0.3) is 0 Å². The smallest absolute Gasteiger partial charge is 0.227 e. The Hall–Kier alpha value is -3.10. The Kier molecular flexibility index (Phi) is 8.49. The molecule has 38 heavy (non-hydrogen) atoms. The minimum absolute atomic E-state index is 0.363. The summed E-state index contributed by atoms with van der Waals surface area (Å²) in [7, 11) is 3.34. The van der Waals surface area contributed by atoms with Crippen LogP contribution in [0.4, 0.5) is 11.8 Å². The molecular weight excluding hydrogens is 476 g/mol. The molecule has 0 spiro atoms. The molecule has 0 amide bonds. The van der Waals surface area contributed by atoms with E-state index in [0.29, 0.717) is 23.6 Å². The molecular formula is C30H42N6O2. The first-order chi connectivity index (χ1) is 18.5. The monoisotopic (exact) mass is 518 g/mol. The number of rotatable bonds is 8. The number of fused-ring (bicyclic) bond motifs is 1. The van der Waals surface area contributed by atoms with E-state index in [9.17, 15) is 0 Å². The number of benzene rings is 2. The molecule has 0 radical (unpaired) electrons. The lowest BCUT2D eigenvalue weighted by molar-refractivity contribution is 0.211. The summed E-state index contributed by atoms with van der Waals surface area (Å²) in [5.41, 5.74) is 2.25. The van der Waals surface area contributed by atoms with Crippen molar-refractivity contribution < 1.29 is 9.47 Å². The Morgan fingerprint density at radius 2 is 1.63 bits per heavy atom. The predicted octanol–water partition coefficient (Wildman–Crippen LogP) is 4.64. The van der Waals surface area contributed by atoms with Gasteiger partial charge in [0.15, 0.2) is 11.5 Å². The van der Waals surface area contributed by atoms with E-state index in [1.54, 1.807) is 14.2 Å². The summed E-state index contributed by atoms with van der Waals surface area (Å²) in [5.74, 6) is 3.06. The molecule has 2 aliphatic rings. The molecule has 8 heteroatoms. The van der Waals surface area contributed by atoms with Crippen LogP contribution >= 0.6 is 0 Å². The second-order valence-electron chi connectivity index (χ2n) is 10.7. The molecule has 2 fully saturated rings. The molecule has 0 aliphatic carbocycles. The van der Waals surface area contributed by atoms with Crippen LogP contribution in [0.5, 0.6) is 11.5 Å². The number of nitrogens with one attached hydrogen (secondary N) is 1. The van der Waals surface area contributed by atoms with Crippen molar-refractivity contribution in [3.8, 4) is 11.5 Å². The van der Waals surface area contributed by atoms with Crippen molar-refractivity contribution in [1.82, 2.24) is 19.8 Å². The fourth-order valence-corrected chi connectivity index (χ4v) is 5.62. The summed E-state index contributed by atoms with van der Waals surface area (Å²) in [6.45, 7) is 11.7. The summed E-state index contributed by atoms with van der Waals surface area (Å²) >= 11 is 0. The summed E-state index contributed by atoms with van der Waals surface area (Å²) in [6, 6.07) is 15.6. The zero-order valence-electron chi connectivity index (χ0n) is 23.3. The molecule has 0 unspecified atom stereocenters. The first kappa shape index (κ1) is 26.5. The number of likely N-dealkylation sites (tertiary alicyclic amines) is 1. The lowest BCUT2D eigenvalue weighted by Gasteiger charge is -2.33. The number of methoxy groups -OCH3 is 2. The summed E-state index contributed by atoms with van der Waals surface area (Å²) < 4.78 is 11.2. The van der Waals surface area contributed by atoms with Gasteiger partial charge in [-0.05, 0) is 44.7 Å². The first-order valence-corrected chi connectivity index (χ1v) is 14.0. The van der Waals surface area contributed by atoms with Crippen molar-refractivity contribution in [2.24, 2.45) is 0 Å². The number of hydrogen-bond acceptors (Lipinski definition) is 8.